The van der Waals surface area contributed by atoms with E-state index >= 15 is 0 Å². The average Bonchev–Trinajstić information content (AvgIpc) is 3.56. The summed E-state index contributed by atoms with van der Waals surface area (Å²) in [4.78, 5) is 44.4. The number of hydrogen-bond donors (Lipinski definition) is 3. The van der Waals surface area contributed by atoms with E-state index < -0.39 is 11.8 Å². The summed E-state index contributed by atoms with van der Waals surface area (Å²) in [5, 5.41) is 10.8. The smallest absolute Gasteiger partial charge is 0.272 e. The van der Waals surface area contributed by atoms with Gasteiger partial charge in [0.1, 0.15) is 17.2 Å². The fourth-order valence-electron chi connectivity index (χ4n) is 4.22. The molecule has 0 saturated heterocycles. The number of carbonyl (C=O) groups is 3. The highest BCUT2D eigenvalue weighted by atomic mass is 32.2. The summed E-state index contributed by atoms with van der Waals surface area (Å²) in [6.07, 6.45) is 1.59. The standard InChI is InChI=1S/C35H30N4O5S2/c1-43-27-16-14-23(15-17-27)18-30(37-33(41)24-8-4-3-5-9-24)34(42)36-26-11-7-13-29(20-26)45-22-32(40)39-35-38-31(21-46-35)25-10-6-12-28(19-25)44-2/h3-21H,22H2,1-2H3,(H,36,42)(H,37,41)(H,38,39,40)/b30-18+. The topological polar surface area (TPSA) is 119 Å². The van der Waals surface area contributed by atoms with E-state index in [1.165, 1.54) is 23.1 Å². The monoisotopic (exact) mass is 650 g/mol. The Kier molecular flexibility index (Phi) is 10.8. The number of amides is 3. The second-order valence-corrected chi connectivity index (χ2v) is 11.6. The van der Waals surface area contributed by atoms with Crippen molar-refractivity contribution in [2.24, 2.45) is 0 Å². The van der Waals surface area contributed by atoms with E-state index in [-0.39, 0.29) is 17.4 Å². The maximum Gasteiger partial charge on any atom is 0.272 e. The molecule has 5 rings (SSSR count). The van der Waals surface area contributed by atoms with Gasteiger partial charge in [0.15, 0.2) is 5.13 Å². The second-order valence-electron chi connectivity index (χ2n) is 9.74. The van der Waals surface area contributed by atoms with Crippen molar-refractivity contribution in [3.05, 3.63) is 125 Å². The predicted molar refractivity (Wildman–Crippen MR) is 183 cm³/mol. The molecule has 5 aromatic rings. The molecule has 11 heteroatoms. The Labute approximate surface area is 274 Å². The molecule has 0 fully saturated rings. The number of anilines is 2. The van der Waals surface area contributed by atoms with Crippen molar-refractivity contribution in [1.29, 1.82) is 0 Å². The van der Waals surface area contributed by atoms with Crippen molar-refractivity contribution >= 4 is 57.7 Å². The van der Waals surface area contributed by atoms with Crippen molar-refractivity contribution < 1.29 is 23.9 Å². The van der Waals surface area contributed by atoms with E-state index in [0.717, 1.165) is 21.9 Å². The maximum atomic E-state index is 13.4. The first-order valence-corrected chi connectivity index (χ1v) is 15.9. The Morgan fingerprint density at radius 2 is 1.59 bits per heavy atom. The average molecular weight is 651 g/mol. The molecule has 0 saturated carbocycles. The molecule has 0 aliphatic carbocycles. The molecular weight excluding hydrogens is 621 g/mol. The lowest BCUT2D eigenvalue weighted by Gasteiger charge is -2.12. The molecule has 0 unspecified atom stereocenters. The summed E-state index contributed by atoms with van der Waals surface area (Å²) in [5.41, 5.74) is 3.33. The van der Waals surface area contributed by atoms with Crippen molar-refractivity contribution in [1.82, 2.24) is 10.3 Å². The number of hydrogen-bond acceptors (Lipinski definition) is 8. The summed E-state index contributed by atoms with van der Waals surface area (Å²) < 4.78 is 10.5. The van der Waals surface area contributed by atoms with Gasteiger partial charge >= 0.3 is 0 Å². The number of methoxy groups -OCH3 is 2. The first-order chi connectivity index (χ1) is 22.4. The minimum atomic E-state index is -0.504. The minimum absolute atomic E-state index is 0.0632. The quantitative estimate of drug-likeness (QED) is 0.0986. The van der Waals surface area contributed by atoms with Gasteiger partial charge in [-0.25, -0.2) is 4.98 Å². The molecular formula is C35H30N4O5S2. The number of carbonyl (C=O) groups excluding carboxylic acids is 3. The zero-order chi connectivity index (χ0) is 32.3. The third-order valence-electron chi connectivity index (χ3n) is 6.53. The van der Waals surface area contributed by atoms with Gasteiger partial charge < -0.3 is 25.4 Å². The molecule has 46 heavy (non-hydrogen) atoms. The SMILES string of the molecule is COc1ccc(/C=C(/NC(=O)c2ccccc2)C(=O)Nc2cccc(SCC(=O)Nc3nc(-c4cccc(OC)c4)cs3)c2)cc1. The van der Waals surface area contributed by atoms with Gasteiger partial charge in [-0.15, -0.1) is 23.1 Å². The van der Waals surface area contributed by atoms with E-state index in [1.807, 2.05) is 41.8 Å². The lowest BCUT2D eigenvalue weighted by Crippen LogP contribution is -2.30. The largest absolute Gasteiger partial charge is 0.497 e. The minimum Gasteiger partial charge on any atom is -0.497 e. The van der Waals surface area contributed by atoms with Gasteiger partial charge in [0.2, 0.25) is 5.91 Å². The van der Waals surface area contributed by atoms with Crippen molar-refractivity contribution in [2.75, 3.05) is 30.6 Å². The van der Waals surface area contributed by atoms with E-state index in [1.54, 1.807) is 87.0 Å². The summed E-state index contributed by atoms with van der Waals surface area (Å²) in [6.45, 7) is 0. The van der Waals surface area contributed by atoms with Crippen LogP contribution in [-0.2, 0) is 9.59 Å². The molecule has 0 radical (unpaired) electrons. The normalized spacial score (nSPS) is 11.0. The van der Waals surface area contributed by atoms with Crippen LogP contribution in [0.25, 0.3) is 17.3 Å². The first-order valence-electron chi connectivity index (χ1n) is 14.1. The fourth-order valence-corrected chi connectivity index (χ4v) is 5.71. The molecule has 9 nitrogen and oxygen atoms in total. The van der Waals surface area contributed by atoms with Crippen LogP contribution in [0.5, 0.6) is 11.5 Å². The summed E-state index contributed by atoms with van der Waals surface area (Å²) >= 11 is 2.66. The van der Waals surface area contributed by atoms with Gasteiger partial charge in [-0.05, 0) is 66.2 Å². The number of nitrogens with one attached hydrogen (secondary N) is 3. The van der Waals surface area contributed by atoms with Crippen molar-refractivity contribution in [3.8, 4) is 22.8 Å². The number of nitrogens with zero attached hydrogens (tertiary/aromatic N) is 1. The summed E-state index contributed by atoms with van der Waals surface area (Å²) in [6, 6.07) is 30.5. The highest BCUT2D eigenvalue weighted by molar-refractivity contribution is 8.00. The Balaban J connectivity index is 1.22. The van der Waals surface area contributed by atoms with Crippen LogP contribution >= 0.6 is 23.1 Å². The molecule has 0 atom stereocenters. The highest BCUT2D eigenvalue weighted by Gasteiger charge is 2.16. The molecule has 232 valence electrons. The van der Waals surface area contributed by atoms with Crippen molar-refractivity contribution in [2.45, 2.75) is 4.90 Å². The Morgan fingerprint density at radius 1 is 0.826 bits per heavy atom. The van der Waals surface area contributed by atoms with Crippen molar-refractivity contribution in [3.63, 3.8) is 0 Å². The molecule has 1 heterocycles. The van der Waals surface area contributed by atoms with Crippen LogP contribution in [0.15, 0.2) is 119 Å². The maximum absolute atomic E-state index is 13.4. The van der Waals surface area contributed by atoms with Crippen LogP contribution in [0.3, 0.4) is 0 Å². The van der Waals surface area contributed by atoms with E-state index in [0.29, 0.717) is 27.7 Å². The Morgan fingerprint density at radius 3 is 2.35 bits per heavy atom. The lowest BCUT2D eigenvalue weighted by molar-refractivity contribution is -0.114. The second kappa shape index (κ2) is 15.6. The highest BCUT2D eigenvalue weighted by Crippen LogP contribution is 2.28. The molecule has 3 N–H and O–H groups in total. The van der Waals surface area contributed by atoms with Crippen LogP contribution in [0.1, 0.15) is 15.9 Å². The third-order valence-corrected chi connectivity index (χ3v) is 8.28. The zero-order valence-corrected chi connectivity index (χ0v) is 26.6. The van der Waals surface area contributed by atoms with Crippen LogP contribution in [-0.4, -0.2) is 42.7 Å². The number of rotatable bonds is 12. The molecule has 0 bridgehead atoms. The molecule has 1 aromatic heterocycles. The van der Waals surface area contributed by atoms with Crippen LogP contribution in [0.4, 0.5) is 10.8 Å². The third kappa shape index (κ3) is 8.84. The van der Waals surface area contributed by atoms with Gasteiger partial charge in [0.05, 0.1) is 25.7 Å². The van der Waals surface area contributed by atoms with Gasteiger partial charge in [-0.3, -0.25) is 14.4 Å². The number of thiazole rings is 1. The summed E-state index contributed by atoms with van der Waals surface area (Å²) in [7, 11) is 3.18. The summed E-state index contributed by atoms with van der Waals surface area (Å²) in [5.74, 6) is 0.411. The van der Waals surface area contributed by atoms with Gasteiger partial charge in [-0.1, -0.05) is 48.5 Å². The van der Waals surface area contributed by atoms with E-state index in [4.69, 9.17) is 9.47 Å². The molecule has 3 amide bonds. The van der Waals surface area contributed by atoms with Crippen LogP contribution < -0.4 is 25.4 Å². The number of ether oxygens (including phenoxy) is 2. The lowest BCUT2D eigenvalue weighted by atomic mass is 10.1. The fraction of sp³-hybridized carbons (Fsp3) is 0.0857. The Hall–Kier alpha value is -5.39. The molecule has 0 spiro atoms. The zero-order valence-electron chi connectivity index (χ0n) is 25.0. The molecule has 4 aromatic carbocycles. The van der Waals surface area contributed by atoms with E-state index in [9.17, 15) is 14.4 Å². The van der Waals surface area contributed by atoms with Gasteiger partial charge in [-0.2, -0.15) is 0 Å². The number of aromatic nitrogens is 1. The van der Waals surface area contributed by atoms with Crippen LogP contribution in [0.2, 0.25) is 0 Å². The predicted octanol–water partition coefficient (Wildman–Crippen LogP) is 6.97. The Bertz CT molecular complexity index is 1860. The van der Waals surface area contributed by atoms with Crippen LogP contribution in [0, 0.1) is 0 Å². The van der Waals surface area contributed by atoms with Gasteiger partial charge in [0, 0.05) is 27.1 Å². The van der Waals surface area contributed by atoms with Gasteiger partial charge in [0.25, 0.3) is 11.8 Å². The first kappa shape index (κ1) is 32.0. The molecule has 0 aliphatic rings. The number of thioether (sulfide) groups is 1. The van der Waals surface area contributed by atoms with E-state index in [2.05, 4.69) is 20.9 Å². The number of benzene rings is 4. The molecule has 0 aliphatic heterocycles.